The molecule has 1 unspecified atom stereocenters. The number of nitrogens with two attached hydrogens (primary N) is 1. The van der Waals surface area contributed by atoms with Gasteiger partial charge < -0.3 is 10.6 Å². The van der Waals surface area contributed by atoms with Crippen molar-refractivity contribution in [2.24, 2.45) is 5.73 Å². The van der Waals surface area contributed by atoms with Crippen LogP contribution in [0.2, 0.25) is 0 Å². The second-order valence-corrected chi connectivity index (χ2v) is 6.14. The van der Waals surface area contributed by atoms with Crippen LogP contribution in [0, 0.1) is 0 Å². The highest BCUT2D eigenvalue weighted by atomic mass is 15.3. The van der Waals surface area contributed by atoms with E-state index < -0.39 is 0 Å². The van der Waals surface area contributed by atoms with Crippen LogP contribution in [0.4, 0.5) is 0 Å². The molecule has 2 aliphatic rings. The molecule has 1 atom stereocenters. The van der Waals surface area contributed by atoms with Crippen LogP contribution >= 0.6 is 0 Å². The highest BCUT2D eigenvalue weighted by Crippen LogP contribution is 2.40. The van der Waals surface area contributed by atoms with E-state index in [2.05, 4.69) is 41.1 Å². The fourth-order valence-electron chi connectivity index (χ4n) is 3.08. The summed E-state index contributed by atoms with van der Waals surface area (Å²) in [5.41, 5.74) is 8.92. The van der Waals surface area contributed by atoms with Gasteiger partial charge in [-0.15, -0.1) is 0 Å². The first-order chi connectivity index (χ1) is 9.26. The van der Waals surface area contributed by atoms with Gasteiger partial charge in [-0.2, -0.15) is 0 Å². The summed E-state index contributed by atoms with van der Waals surface area (Å²) in [5, 5.41) is 0. The average Bonchev–Trinajstić information content (AvgIpc) is 3.25. The first kappa shape index (κ1) is 13.1. The van der Waals surface area contributed by atoms with Crippen molar-refractivity contribution < 1.29 is 0 Å². The number of benzene rings is 1. The van der Waals surface area contributed by atoms with Gasteiger partial charge >= 0.3 is 0 Å². The molecule has 1 aromatic rings. The predicted molar refractivity (Wildman–Crippen MR) is 79.2 cm³/mol. The molecule has 104 valence electrons. The second-order valence-electron chi connectivity index (χ2n) is 6.14. The Labute approximate surface area is 116 Å². The lowest BCUT2D eigenvalue weighted by Crippen LogP contribution is -2.54. The zero-order valence-corrected chi connectivity index (χ0v) is 11.9. The van der Waals surface area contributed by atoms with E-state index in [0.717, 1.165) is 38.6 Å². The smallest absolute Gasteiger partial charge is 0.0349 e. The van der Waals surface area contributed by atoms with Crippen LogP contribution in [0.3, 0.4) is 0 Å². The molecule has 2 fully saturated rings. The van der Waals surface area contributed by atoms with Crippen molar-refractivity contribution in [3.05, 3.63) is 35.4 Å². The Balaban J connectivity index is 1.67. The summed E-state index contributed by atoms with van der Waals surface area (Å²) in [6, 6.07) is 9.67. The molecule has 1 saturated carbocycles. The van der Waals surface area contributed by atoms with Crippen molar-refractivity contribution in [3.8, 4) is 0 Å². The quantitative estimate of drug-likeness (QED) is 0.892. The Hall–Kier alpha value is -0.900. The van der Waals surface area contributed by atoms with E-state index in [0.29, 0.717) is 6.04 Å². The van der Waals surface area contributed by atoms with Crippen molar-refractivity contribution in [2.45, 2.75) is 31.3 Å². The van der Waals surface area contributed by atoms with Gasteiger partial charge in [0.05, 0.1) is 0 Å². The summed E-state index contributed by atoms with van der Waals surface area (Å²) in [6.07, 6.45) is 2.76. The predicted octanol–water partition coefficient (Wildman–Crippen LogP) is 1.64. The molecule has 2 N–H and O–H groups in total. The molecule has 0 bridgehead atoms. The maximum absolute atomic E-state index is 5.93. The van der Waals surface area contributed by atoms with Gasteiger partial charge in [-0.25, -0.2) is 0 Å². The molecule has 1 aliphatic heterocycles. The Morgan fingerprint density at radius 2 is 2.11 bits per heavy atom. The van der Waals surface area contributed by atoms with Crippen molar-refractivity contribution in [1.29, 1.82) is 0 Å². The molecular weight excluding hydrogens is 234 g/mol. The van der Waals surface area contributed by atoms with Gasteiger partial charge in [0.25, 0.3) is 0 Å². The lowest BCUT2D eigenvalue weighted by Gasteiger charge is -2.39. The molecule has 0 aromatic heterocycles. The Morgan fingerprint density at radius 1 is 1.26 bits per heavy atom. The molecule has 0 radical (unpaired) electrons. The van der Waals surface area contributed by atoms with Gasteiger partial charge in [-0.1, -0.05) is 24.3 Å². The summed E-state index contributed by atoms with van der Waals surface area (Å²) in [6.45, 7) is 5.19. The summed E-state index contributed by atoms with van der Waals surface area (Å²) in [7, 11) is 2.19. The van der Waals surface area contributed by atoms with E-state index >= 15 is 0 Å². The molecule has 3 nitrogen and oxygen atoms in total. The molecule has 1 aromatic carbocycles. The lowest BCUT2D eigenvalue weighted by atomic mass is 10.1. The molecule has 1 aliphatic carbocycles. The SMILES string of the molecule is CN1CCN(Cc2cccc(C3CC3)c2)C(CN)C1. The Kier molecular flexibility index (Phi) is 3.87. The van der Waals surface area contributed by atoms with Crippen LogP contribution < -0.4 is 5.73 Å². The van der Waals surface area contributed by atoms with E-state index in [9.17, 15) is 0 Å². The maximum atomic E-state index is 5.93. The fourth-order valence-corrected chi connectivity index (χ4v) is 3.08. The number of piperazine rings is 1. The minimum atomic E-state index is 0.503. The van der Waals surface area contributed by atoms with Crippen LogP contribution in [0.25, 0.3) is 0 Å². The van der Waals surface area contributed by atoms with Crippen molar-refractivity contribution in [2.75, 3.05) is 33.2 Å². The topological polar surface area (TPSA) is 32.5 Å². The van der Waals surface area contributed by atoms with Crippen molar-refractivity contribution >= 4 is 0 Å². The summed E-state index contributed by atoms with van der Waals surface area (Å²) in [4.78, 5) is 4.93. The van der Waals surface area contributed by atoms with Gasteiger partial charge in [0, 0.05) is 38.8 Å². The zero-order valence-electron chi connectivity index (χ0n) is 11.9. The van der Waals surface area contributed by atoms with Crippen LogP contribution in [-0.2, 0) is 6.54 Å². The van der Waals surface area contributed by atoms with Crippen LogP contribution in [0.1, 0.15) is 29.9 Å². The molecule has 1 heterocycles. The summed E-state index contributed by atoms with van der Waals surface area (Å²) in [5.74, 6) is 0.845. The third kappa shape index (κ3) is 3.16. The summed E-state index contributed by atoms with van der Waals surface area (Å²) >= 11 is 0. The highest BCUT2D eigenvalue weighted by Gasteiger charge is 2.25. The minimum absolute atomic E-state index is 0.503. The monoisotopic (exact) mass is 259 g/mol. The number of hydrogen-bond donors (Lipinski definition) is 1. The van der Waals surface area contributed by atoms with Gasteiger partial charge in [0.15, 0.2) is 0 Å². The van der Waals surface area contributed by atoms with E-state index in [1.165, 1.54) is 24.0 Å². The molecule has 0 spiro atoms. The Morgan fingerprint density at radius 3 is 2.84 bits per heavy atom. The maximum Gasteiger partial charge on any atom is 0.0349 e. The fraction of sp³-hybridized carbons (Fsp3) is 0.625. The van der Waals surface area contributed by atoms with Crippen LogP contribution in [0.5, 0.6) is 0 Å². The molecule has 19 heavy (non-hydrogen) atoms. The normalized spacial score (nSPS) is 25.7. The third-order valence-electron chi connectivity index (χ3n) is 4.47. The van der Waals surface area contributed by atoms with E-state index in [1.807, 2.05) is 0 Å². The molecule has 0 amide bonds. The van der Waals surface area contributed by atoms with Crippen LogP contribution in [-0.4, -0.2) is 49.1 Å². The number of hydrogen-bond acceptors (Lipinski definition) is 3. The highest BCUT2D eigenvalue weighted by molar-refractivity contribution is 5.29. The second kappa shape index (κ2) is 5.61. The van der Waals surface area contributed by atoms with Gasteiger partial charge in [0.1, 0.15) is 0 Å². The van der Waals surface area contributed by atoms with E-state index in [4.69, 9.17) is 5.73 Å². The Bertz CT molecular complexity index is 428. The van der Waals surface area contributed by atoms with Crippen LogP contribution in [0.15, 0.2) is 24.3 Å². The zero-order chi connectivity index (χ0) is 13.2. The summed E-state index contributed by atoms with van der Waals surface area (Å²) < 4.78 is 0. The number of rotatable bonds is 4. The average molecular weight is 259 g/mol. The number of nitrogens with zero attached hydrogens (tertiary/aromatic N) is 2. The van der Waals surface area contributed by atoms with Crippen molar-refractivity contribution in [3.63, 3.8) is 0 Å². The molecule has 3 rings (SSSR count). The molecular formula is C16H25N3. The van der Waals surface area contributed by atoms with Gasteiger partial charge in [-0.3, -0.25) is 4.90 Å². The molecule has 3 heteroatoms. The largest absolute Gasteiger partial charge is 0.329 e. The van der Waals surface area contributed by atoms with Gasteiger partial charge in [0.2, 0.25) is 0 Å². The minimum Gasteiger partial charge on any atom is -0.329 e. The van der Waals surface area contributed by atoms with E-state index in [1.54, 1.807) is 0 Å². The third-order valence-corrected chi connectivity index (χ3v) is 4.47. The number of likely N-dealkylation sites (N-methyl/N-ethyl adjacent to an activating group) is 1. The first-order valence-corrected chi connectivity index (χ1v) is 7.48. The van der Waals surface area contributed by atoms with E-state index in [-0.39, 0.29) is 0 Å². The van der Waals surface area contributed by atoms with Crippen molar-refractivity contribution in [1.82, 2.24) is 9.80 Å². The standard InChI is InChI=1S/C16H25N3/c1-18-7-8-19(16(10-17)12-18)11-13-3-2-4-15(9-13)14-5-6-14/h2-4,9,14,16H,5-8,10-12,17H2,1H3. The first-order valence-electron chi connectivity index (χ1n) is 7.48. The molecule has 1 saturated heterocycles. The van der Waals surface area contributed by atoms with Gasteiger partial charge in [-0.05, 0) is 36.9 Å². The lowest BCUT2D eigenvalue weighted by molar-refractivity contribution is 0.0881.